The van der Waals surface area contributed by atoms with Crippen LogP contribution >= 0.6 is 11.6 Å². The summed E-state index contributed by atoms with van der Waals surface area (Å²) in [6.07, 6.45) is 1.53. The fourth-order valence-corrected chi connectivity index (χ4v) is 4.68. The number of amides is 1. The second kappa shape index (κ2) is 8.77. The van der Waals surface area contributed by atoms with Gasteiger partial charge in [-0.05, 0) is 23.8 Å². The van der Waals surface area contributed by atoms with Crippen molar-refractivity contribution in [2.45, 2.75) is 17.2 Å². The Labute approximate surface area is 169 Å². The molecule has 0 aliphatic rings. The van der Waals surface area contributed by atoms with Gasteiger partial charge in [-0.3, -0.25) is 4.79 Å². The van der Waals surface area contributed by atoms with Crippen molar-refractivity contribution in [3.63, 3.8) is 0 Å². The molecule has 1 N–H and O–H groups in total. The maximum Gasteiger partial charge on any atom is 0.240 e. The molecule has 3 rings (SSSR count). The predicted molar refractivity (Wildman–Crippen MR) is 109 cm³/mol. The van der Waals surface area contributed by atoms with E-state index >= 15 is 0 Å². The van der Waals surface area contributed by atoms with Gasteiger partial charge in [-0.15, -0.1) is 0 Å². The summed E-state index contributed by atoms with van der Waals surface area (Å²) >= 11 is 5.88. The number of hydrogen-bond donors (Lipinski definition) is 1. The fourth-order valence-electron chi connectivity index (χ4n) is 2.97. The van der Waals surface area contributed by atoms with Crippen LogP contribution in [0.1, 0.15) is 5.56 Å². The van der Waals surface area contributed by atoms with Crippen LogP contribution in [-0.2, 0) is 31.7 Å². The standard InChI is InChI=1S/C20H21ClN2O4S/c1-27-11-10-22-20(24)13-23-12-19(17-4-2-3-5-18(17)23)28(25,26)14-15-6-8-16(21)9-7-15/h2-9,12H,10-11,13-14H2,1H3,(H,22,24). The summed E-state index contributed by atoms with van der Waals surface area (Å²) in [4.78, 5) is 12.4. The highest BCUT2D eigenvalue weighted by Crippen LogP contribution is 2.28. The number of halogens is 1. The minimum absolute atomic E-state index is 0.0285. The van der Waals surface area contributed by atoms with Crippen molar-refractivity contribution < 1.29 is 17.9 Å². The highest BCUT2D eigenvalue weighted by Gasteiger charge is 2.22. The molecule has 6 nitrogen and oxygen atoms in total. The molecule has 0 aliphatic heterocycles. The van der Waals surface area contributed by atoms with Crippen LogP contribution in [-0.4, -0.2) is 39.2 Å². The highest BCUT2D eigenvalue weighted by molar-refractivity contribution is 7.90. The van der Waals surface area contributed by atoms with Gasteiger partial charge in [0.25, 0.3) is 0 Å². The number of sulfone groups is 1. The number of methoxy groups -OCH3 is 1. The van der Waals surface area contributed by atoms with Gasteiger partial charge in [0.2, 0.25) is 5.91 Å². The van der Waals surface area contributed by atoms with Crippen LogP contribution in [0, 0.1) is 0 Å². The van der Waals surface area contributed by atoms with Crippen molar-refractivity contribution in [2.75, 3.05) is 20.3 Å². The predicted octanol–water partition coefficient (Wildman–Crippen LogP) is 3.03. The number of aromatic nitrogens is 1. The van der Waals surface area contributed by atoms with Gasteiger partial charge in [0, 0.05) is 35.8 Å². The normalized spacial score (nSPS) is 11.6. The van der Waals surface area contributed by atoms with E-state index in [9.17, 15) is 13.2 Å². The van der Waals surface area contributed by atoms with Crippen LogP contribution in [0.25, 0.3) is 10.9 Å². The number of nitrogens with zero attached hydrogens (tertiary/aromatic N) is 1. The van der Waals surface area contributed by atoms with E-state index in [2.05, 4.69) is 5.32 Å². The van der Waals surface area contributed by atoms with E-state index in [1.54, 1.807) is 54.1 Å². The molecule has 0 bridgehead atoms. The number of benzene rings is 2. The summed E-state index contributed by atoms with van der Waals surface area (Å²) in [5.74, 6) is -0.350. The molecule has 0 saturated heterocycles. The van der Waals surface area contributed by atoms with Crippen LogP contribution in [0.3, 0.4) is 0 Å². The van der Waals surface area contributed by atoms with Crippen LogP contribution in [0.5, 0.6) is 0 Å². The van der Waals surface area contributed by atoms with E-state index in [4.69, 9.17) is 16.3 Å². The van der Waals surface area contributed by atoms with Crippen molar-refractivity contribution in [1.82, 2.24) is 9.88 Å². The van der Waals surface area contributed by atoms with Crippen molar-refractivity contribution in [3.05, 3.63) is 65.3 Å². The highest BCUT2D eigenvalue weighted by atomic mass is 35.5. The lowest BCUT2D eigenvalue weighted by Gasteiger charge is -2.06. The Morgan fingerprint density at radius 3 is 2.57 bits per heavy atom. The molecule has 0 spiro atoms. The van der Waals surface area contributed by atoms with Crippen LogP contribution < -0.4 is 5.32 Å². The molecule has 0 saturated carbocycles. The van der Waals surface area contributed by atoms with Crippen molar-refractivity contribution in [2.24, 2.45) is 0 Å². The van der Waals surface area contributed by atoms with E-state index in [-0.39, 0.29) is 23.1 Å². The number of ether oxygens (including phenoxy) is 1. The van der Waals surface area contributed by atoms with Gasteiger partial charge in [0.1, 0.15) is 6.54 Å². The summed E-state index contributed by atoms with van der Waals surface area (Å²) in [5.41, 5.74) is 1.35. The van der Waals surface area contributed by atoms with E-state index in [0.717, 1.165) is 0 Å². The summed E-state index contributed by atoms with van der Waals surface area (Å²) < 4.78 is 32.7. The third-order valence-corrected chi connectivity index (χ3v) is 6.26. The third-order valence-electron chi connectivity index (χ3n) is 4.30. The molecule has 3 aromatic rings. The first-order valence-corrected chi connectivity index (χ1v) is 10.7. The van der Waals surface area contributed by atoms with Gasteiger partial charge in [-0.1, -0.05) is 41.9 Å². The topological polar surface area (TPSA) is 77.4 Å². The first kappa shape index (κ1) is 20.4. The van der Waals surface area contributed by atoms with E-state index in [0.29, 0.717) is 34.6 Å². The number of carbonyl (C=O) groups excluding carboxylic acids is 1. The second-order valence-electron chi connectivity index (χ2n) is 6.37. The lowest BCUT2D eigenvalue weighted by molar-refractivity contribution is -0.121. The Morgan fingerprint density at radius 2 is 1.86 bits per heavy atom. The van der Waals surface area contributed by atoms with Gasteiger partial charge in [0.15, 0.2) is 9.84 Å². The summed E-state index contributed by atoms with van der Waals surface area (Å²) in [7, 11) is -2.05. The average Bonchev–Trinajstić information content (AvgIpc) is 3.03. The molecular formula is C20H21ClN2O4S. The van der Waals surface area contributed by atoms with Gasteiger partial charge < -0.3 is 14.6 Å². The zero-order valence-electron chi connectivity index (χ0n) is 15.4. The Morgan fingerprint density at radius 1 is 1.14 bits per heavy atom. The molecule has 0 atom stereocenters. The number of hydrogen-bond acceptors (Lipinski definition) is 4. The molecule has 2 aromatic carbocycles. The Kier molecular flexibility index (Phi) is 6.39. The van der Waals surface area contributed by atoms with Crippen molar-refractivity contribution >= 4 is 38.2 Å². The minimum atomic E-state index is -3.60. The maximum atomic E-state index is 13.0. The molecule has 0 radical (unpaired) electrons. The number of rotatable bonds is 8. The van der Waals surface area contributed by atoms with E-state index in [1.165, 1.54) is 6.20 Å². The zero-order chi connectivity index (χ0) is 20.1. The van der Waals surface area contributed by atoms with Crippen LogP contribution in [0.2, 0.25) is 5.02 Å². The van der Waals surface area contributed by atoms with Crippen LogP contribution in [0.15, 0.2) is 59.6 Å². The smallest absolute Gasteiger partial charge is 0.240 e. The molecule has 0 unspecified atom stereocenters. The molecular weight excluding hydrogens is 400 g/mol. The monoisotopic (exact) mass is 420 g/mol. The summed E-state index contributed by atoms with van der Waals surface area (Å²) in [6, 6.07) is 13.9. The number of para-hydroxylation sites is 1. The summed E-state index contributed by atoms with van der Waals surface area (Å²) in [5, 5.41) is 3.89. The first-order valence-electron chi connectivity index (χ1n) is 8.71. The molecule has 1 amide bonds. The average molecular weight is 421 g/mol. The molecule has 8 heteroatoms. The molecule has 28 heavy (non-hydrogen) atoms. The SMILES string of the molecule is COCCNC(=O)Cn1cc(S(=O)(=O)Cc2ccc(Cl)cc2)c2ccccc21. The Bertz CT molecular complexity index is 1080. The minimum Gasteiger partial charge on any atom is -0.383 e. The van der Waals surface area contributed by atoms with Gasteiger partial charge >= 0.3 is 0 Å². The van der Waals surface area contributed by atoms with Gasteiger partial charge in [-0.25, -0.2) is 8.42 Å². The summed E-state index contributed by atoms with van der Waals surface area (Å²) in [6.45, 7) is 0.843. The van der Waals surface area contributed by atoms with Crippen molar-refractivity contribution in [1.29, 1.82) is 0 Å². The second-order valence-corrected chi connectivity index (χ2v) is 8.76. The fraction of sp³-hybridized carbons (Fsp3) is 0.250. The first-order chi connectivity index (χ1) is 13.4. The molecule has 1 heterocycles. The van der Waals surface area contributed by atoms with Crippen molar-refractivity contribution in [3.8, 4) is 0 Å². The lowest BCUT2D eigenvalue weighted by Crippen LogP contribution is -2.30. The quantitative estimate of drug-likeness (QED) is 0.568. The van der Waals surface area contributed by atoms with E-state index < -0.39 is 9.84 Å². The number of carbonyl (C=O) groups is 1. The number of nitrogens with one attached hydrogen (secondary N) is 1. The van der Waals surface area contributed by atoms with E-state index in [1.807, 2.05) is 6.07 Å². The molecule has 1 aromatic heterocycles. The third kappa shape index (κ3) is 4.73. The van der Waals surface area contributed by atoms with Gasteiger partial charge in [0.05, 0.1) is 17.3 Å². The largest absolute Gasteiger partial charge is 0.383 e. The molecule has 148 valence electrons. The maximum absolute atomic E-state index is 13.0. The zero-order valence-corrected chi connectivity index (χ0v) is 17.0. The molecule has 0 aliphatic carbocycles. The number of fused-ring (bicyclic) bond motifs is 1. The lowest BCUT2D eigenvalue weighted by atomic mass is 10.2. The van der Waals surface area contributed by atoms with Gasteiger partial charge in [-0.2, -0.15) is 0 Å². The Hall–Kier alpha value is -2.35. The van der Waals surface area contributed by atoms with Crippen LogP contribution in [0.4, 0.5) is 0 Å². The molecule has 0 fully saturated rings. The Balaban J connectivity index is 1.90.